The van der Waals surface area contributed by atoms with Gasteiger partial charge < -0.3 is 15.1 Å². The maximum absolute atomic E-state index is 12.2. The van der Waals surface area contributed by atoms with Gasteiger partial charge in [-0.25, -0.2) is 4.98 Å². The molecule has 20 heavy (non-hydrogen) atoms. The maximum atomic E-state index is 12.2. The van der Waals surface area contributed by atoms with Crippen molar-refractivity contribution in [3.63, 3.8) is 0 Å². The lowest BCUT2D eigenvalue weighted by atomic mass is 10.1. The van der Waals surface area contributed by atoms with E-state index in [0.717, 1.165) is 43.0 Å². The molecule has 0 radical (unpaired) electrons. The van der Waals surface area contributed by atoms with Crippen LogP contribution in [-0.4, -0.2) is 55.6 Å². The summed E-state index contributed by atoms with van der Waals surface area (Å²) in [5, 5.41) is 3.06. The van der Waals surface area contributed by atoms with Gasteiger partial charge in [-0.05, 0) is 35.1 Å². The molecule has 5 nitrogen and oxygen atoms in total. The van der Waals surface area contributed by atoms with E-state index < -0.39 is 0 Å². The lowest BCUT2D eigenvalue weighted by molar-refractivity contribution is -0.135. The molecule has 0 aromatic carbocycles. The monoisotopic (exact) mass is 340 g/mol. The number of anilines is 1. The number of hydrogen-bond donors (Lipinski definition) is 1. The first-order chi connectivity index (χ1) is 9.61. The van der Waals surface area contributed by atoms with Crippen molar-refractivity contribution in [2.75, 3.05) is 44.7 Å². The summed E-state index contributed by atoms with van der Waals surface area (Å²) in [6.07, 6.45) is 1.81. The molecule has 1 saturated heterocycles. The molecule has 1 aliphatic rings. The second kappa shape index (κ2) is 7.04. The molecule has 1 atom stereocenters. The van der Waals surface area contributed by atoms with Crippen molar-refractivity contribution < 1.29 is 4.79 Å². The summed E-state index contributed by atoms with van der Waals surface area (Å²) in [4.78, 5) is 20.8. The van der Waals surface area contributed by atoms with Gasteiger partial charge in [-0.2, -0.15) is 0 Å². The lowest BCUT2D eigenvalue weighted by Gasteiger charge is -2.36. The molecule has 1 N–H and O–H groups in total. The molecule has 1 unspecified atom stereocenters. The standard InChI is InChI=1S/C14H21BrN4O/c1-11(9-16-2)14(20)19-7-5-18(6-8-19)13-4-3-12(15)10-17-13/h3-4,10-11,16H,5-9H2,1-2H3. The Bertz CT molecular complexity index is 443. The summed E-state index contributed by atoms with van der Waals surface area (Å²) >= 11 is 3.39. The first-order valence-electron chi connectivity index (χ1n) is 6.91. The number of nitrogens with one attached hydrogen (secondary N) is 1. The third-order valence-electron chi connectivity index (χ3n) is 3.56. The van der Waals surface area contributed by atoms with Gasteiger partial charge in [0.05, 0.1) is 0 Å². The predicted molar refractivity (Wildman–Crippen MR) is 83.8 cm³/mol. The SMILES string of the molecule is CNCC(C)C(=O)N1CCN(c2ccc(Br)cn2)CC1. The summed E-state index contributed by atoms with van der Waals surface area (Å²) < 4.78 is 0.982. The fourth-order valence-corrected chi connectivity index (χ4v) is 2.65. The molecule has 0 bridgehead atoms. The highest BCUT2D eigenvalue weighted by atomic mass is 79.9. The van der Waals surface area contributed by atoms with Crippen LogP contribution in [0.2, 0.25) is 0 Å². The first-order valence-corrected chi connectivity index (χ1v) is 7.71. The summed E-state index contributed by atoms with van der Waals surface area (Å²) in [6.45, 7) is 5.92. The van der Waals surface area contributed by atoms with Crippen LogP contribution in [0.4, 0.5) is 5.82 Å². The molecule has 0 spiro atoms. The number of halogens is 1. The van der Waals surface area contributed by atoms with Crippen LogP contribution < -0.4 is 10.2 Å². The van der Waals surface area contributed by atoms with Crippen LogP contribution in [0.1, 0.15) is 6.92 Å². The van der Waals surface area contributed by atoms with Crippen LogP contribution in [0.5, 0.6) is 0 Å². The molecule has 0 saturated carbocycles. The Morgan fingerprint density at radius 2 is 2.10 bits per heavy atom. The summed E-state index contributed by atoms with van der Waals surface area (Å²) in [7, 11) is 1.88. The normalized spacial score (nSPS) is 17.1. The highest BCUT2D eigenvalue weighted by Gasteiger charge is 2.24. The Hall–Kier alpha value is -1.14. The molecule has 6 heteroatoms. The quantitative estimate of drug-likeness (QED) is 0.898. The van der Waals surface area contributed by atoms with Gasteiger partial charge in [0.15, 0.2) is 0 Å². The van der Waals surface area contributed by atoms with Gasteiger partial charge >= 0.3 is 0 Å². The number of carbonyl (C=O) groups is 1. The third-order valence-corrected chi connectivity index (χ3v) is 4.03. The summed E-state index contributed by atoms with van der Waals surface area (Å²) in [6, 6.07) is 4.00. The van der Waals surface area contributed by atoms with Gasteiger partial charge in [0.25, 0.3) is 0 Å². The number of rotatable bonds is 4. The predicted octanol–water partition coefficient (Wildman–Crippen LogP) is 1.35. The van der Waals surface area contributed by atoms with E-state index in [0.29, 0.717) is 0 Å². The van der Waals surface area contributed by atoms with Gasteiger partial charge in [0.1, 0.15) is 5.82 Å². The number of pyridine rings is 1. The minimum atomic E-state index is 0.0392. The van der Waals surface area contributed by atoms with E-state index in [-0.39, 0.29) is 11.8 Å². The number of carbonyl (C=O) groups excluding carboxylic acids is 1. The van der Waals surface area contributed by atoms with Crippen molar-refractivity contribution in [3.8, 4) is 0 Å². The average molecular weight is 341 g/mol. The maximum Gasteiger partial charge on any atom is 0.226 e. The van der Waals surface area contributed by atoms with Gasteiger partial charge in [-0.3, -0.25) is 4.79 Å². The van der Waals surface area contributed by atoms with Crippen LogP contribution in [0.15, 0.2) is 22.8 Å². The molecule has 1 aromatic rings. The lowest BCUT2D eigenvalue weighted by Crippen LogP contribution is -2.51. The van der Waals surface area contributed by atoms with Crippen molar-refractivity contribution in [1.82, 2.24) is 15.2 Å². The van der Waals surface area contributed by atoms with Crippen LogP contribution in [0, 0.1) is 5.92 Å². The molecule has 110 valence electrons. The fraction of sp³-hybridized carbons (Fsp3) is 0.571. The molecule has 1 amide bonds. The number of hydrogen-bond acceptors (Lipinski definition) is 4. The van der Waals surface area contributed by atoms with E-state index in [9.17, 15) is 4.79 Å². The molecule has 1 fully saturated rings. The second-order valence-electron chi connectivity index (χ2n) is 5.11. The van der Waals surface area contributed by atoms with E-state index in [1.165, 1.54) is 0 Å². The number of aromatic nitrogens is 1. The largest absolute Gasteiger partial charge is 0.353 e. The molecule has 2 rings (SSSR count). The van der Waals surface area contributed by atoms with E-state index in [4.69, 9.17) is 0 Å². The zero-order chi connectivity index (χ0) is 14.5. The Balaban J connectivity index is 1.89. The van der Waals surface area contributed by atoms with Gasteiger partial charge in [-0.1, -0.05) is 6.92 Å². The van der Waals surface area contributed by atoms with Crippen LogP contribution >= 0.6 is 15.9 Å². The number of nitrogens with zero attached hydrogens (tertiary/aromatic N) is 3. The van der Waals surface area contributed by atoms with Crippen molar-refractivity contribution in [3.05, 3.63) is 22.8 Å². The van der Waals surface area contributed by atoms with Crippen molar-refractivity contribution >= 4 is 27.7 Å². The highest BCUT2D eigenvalue weighted by Crippen LogP contribution is 2.17. The van der Waals surface area contributed by atoms with Crippen molar-refractivity contribution in [2.45, 2.75) is 6.92 Å². The van der Waals surface area contributed by atoms with Crippen LogP contribution in [0.3, 0.4) is 0 Å². The van der Waals surface area contributed by atoms with Crippen LogP contribution in [0.25, 0.3) is 0 Å². The molecule has 1 aromatic heterocycles. The summed E-state index contributed by atoms with van der Waals surface area (Å²) in [5.41, 5.74) is 0. The number of amides is 1. The van der Waals surface area contributed by atoms with E-state index in [2.05, 4.69) is 31.1 Å². The topological polar surface area (TPSA) is 48.5 Å². The van der Waals surface area contributed by atoms with E-state index >= 15 is 0 Å². The molecular weight excluding hydrogens is 320 g/mol. The van der Waals surface area contributed by atoms with Gasteiger partial charge in [0.2, 0.25) is 5.91 Å². The first kappa shape index (κ1) is 15.3. The minimum Gasteiger partial charge on any atom is -0.353 e. The fourth-order valence-electron chi connectivity index (χ4n) is 2.42. The zero-order valence-corrected chi connectivity index (χ0v) is 13.6. The third kappa shape index (κ3) is 3.70. The Kier molecular flexibility index (Phi) is 5.37. The highest BCUT2D eigenvalue weighted by molar-refractivity contribution is 9.10. The number of piperazine rings is 1. The van der Waals surface area contributed by atoms with E-state index in [1.807, 2.05) is 37.2 Å². The minimum absolute atomic E-state index is 0.0392. The second-order valence-corrected chi connectivity index (χ2v) is 6.02. The van der Waals surface area contributed by atoms with Crippen molar-refractivity contribution in [1.29, 1.82) is 0 Å². The molecular formula is C14H21BrN4O. The Morgan fingerprint density at radius 3 is 2.65 bits per heavy atom. The van der Waals surface area contributed by atoms with Crippen LogP contribution in [-0.2, 0) is 4.79 Å². The summed E-state index contributed by atoms with van der Waals surface area (Å²) in [5.74, 6) is 1.25. The molecule has 2 heterocycles. The Labute approximate surface area is 128 Å². The average Bonchev–Trinajstić information content (AvgIpc) is 2.48. The van der Waals surface area contributed by atoms with E-state index in [1.54, 1.807) is 0 Å². The Morgan fingerprint density at radius 1 is 1.40 bits per heavy atom. The zero-order valence-electron chi connectivity index (χ0n) is 12.0. The molecule has 1 aliphatic heterocycles. The van der Waals surface area contributed by atoms with Crippen molar-refractivity contribution in [2.24, 2.45) is 5.92 Å². The van der Waals surface area contributed by atoms with Gasteiger partial charge in [-0.15, -0.1) is 0 Å². The molecule has 0 aliphatic carbocycles. The van der Waals surface area contributed by atoms with Gasteiger partial charge in [0, 0.05) is 49.3 Å². The smallest absolute Gasteiger partial charge is 0.226 e.